The summed E-state index contributed by atoms with van der Waals surface area (Å²) in [5.74, 6) is -0.0636. The van der Waals surface area contributed by atoms with Gasteiger partial charge in [-0.2, -0.15) is 23.0 Å². The number of fused-ring (bicyclic) bond motifs is 3. The van der Waals surface area contributed by atoms with E-state index >= 15 is 0 Å². The van der Waals surface area contributed by atoms with Crippen molar-refractivity contribution in [2.24, 2.45) is 5.92 Å². The molecular formula is C16H16F3N5O2. The van der Waals surface area contributed by atoms with Gasteiger partial charge in [0.15, 0.2) is 11.9 Å². The third-order valence-corrected chi connectivity index (χ3v) is 4.99. The van der Waals surface area contributed by atoms with Crippen molar-refractivity contribution in [2.75, 3.05) is 0 Å². The van der Waals surface area contributed by atoms with Crippen molar-refractivity contribution < 1.29 is 22.7 Å². The molecule has 2 aromatic heterocycles. The molecule has 1 saturated carbocycles. The lowest BCUT2D eigenvalue weighted by Gasteiger charge is -2.28. The Balaban J connectivity index is 1.74. The lowest BCUT2D eigenvalue weighted by molar-refractivity contribution is -0.605. The highest BCUT2D eigenvalue weighted by molar-refractivity contribution is 5.95. The summed E-state index contributed by atoms with van der Waals surface area (Å²) in [5, 5.41) is 17.8. The first-order valence-electron chi connectivity index (χ1n) is 8.14. The van der Waals surface area contributed by atoms with Gasteiger partial charge in [-0.15, -0.1) is 0 Å². The Bertz CT molecular complexity index is 906. The van der Waals surface area contributed by atoms with Gasteiger partial charge in [-0.1, -0.05) is 0 Å². The van der Waals surface area contributed by atoms with Gasteiger partial charge in [-0.3, -0.25) is 4.79 Å². The summed E-state index contributed by atoms with van der Waals surface area (Å²) in [7, 11) is 0. The van der Waals surface area contributed by atoms with Gasteiger partial charge in [0.2, 0.25) is 12.0 Å². The van der Waals surface area contributed by atoms with Crippen LogP contribution in [0.15, 0.2) is 18.6 Å². The Hall–Kier alpha value is -2.65. The first kappa shape index (κ1) is 16.8. The second kappa shape index (κ2) is 5.18. The van der Waals surface area contributed by atoms with E-state index in [1.807, 2.05) is 5.32 Å². The second-order valence-electron chi connectivity index (χ2n) is 7.28. The molecule has 0 saturated heterocycles. The predicted octanol–water partition coefficient (Wildman–Crippen LogP) is 1.63. The second-order valence-corrected chi connectivity index (χ2v) is 7.28. The van der Waals surface area contributed by atoms with Crippen molar-refractivity contribution in [3.8, 4) is 5.82 Å². The molecule has 7 nitrogen and oxygen atoms in total. The van der Waals surface area contributed by atoms with E-state index in [0.717, 1.165) is 26.0 Å². The molecule has 1 unspecified atom stereocenters. The van der Waals surface area contributed by atoms with E-state index in [1.165, 1.54) is 23.3 Å². The summed E-state index contributed by atoms with van der Waals surface area (Å²) in [6.07, 6.45) is 0.683. The van der Waals surface area contributed by atoms with Crippen LogP contribution < -0.4 is 10.0 Å². The Kier molecular flexibility index (Phi) is 3.35. The highest BCUT2D eigenvalue weighted by Crippen LogP contribution is 2.57. The summed E-state index contributed by atoms with van der Waals surface area (Å²) in [6, 6.07) is 0. The zero-order chi connectivity index (χ0) is 18.9. The molecule has 0 aromatic carbocycles. The zero-order valence-corrected chi connectivity index (χ0v) is 14.0. The molecule has 1 amide bonds. The molecular weight excluding hydrogens is 351 g/mol. The maximum absolute atomic E-state index is 13.1. The van der Waals surface area contributed by atoms with Gasteiger partial charge in [0.25, 0.3) is 5.91 Å². The van der Waals surface area contributed by atoms with Crippen LogP contribution in [0.1, 0.15) is 47.9 Å². The smallest absolute Gasteiger partial charge is 0.410 e. The van der Waals surface area contributed by atoms with Gasteiger partial charge in [-0.25, -0.2) is 9.67 Å². The topological polar surface area (TPSA) is 86.8 Å². The molecule has 4 rings (SSSR count). The van der Waals surface area contributed by atoms with Crippen molar-refractivity contribution >= 4 is 5.91 Å². The zero-order valence-electron chi connectivity index (χ0n) is 14.0. The molecule has 0 aliphatic heterocycles. The van der Waals surface area contributed by atoms with E-state index < -0.39 is 17.6 Å². The van der Waals surface area contributed by atoms with Gasteiger partial charge in [-0.05, 0) is 32.6 Å². The summed E-state index contributed by atoms with van der Waals surface area (Å²) in [6.45, 7) is 1.80. The van der Waals surface area contributed by atoms with Crippen molar-refractivity contribution in [3.63, 3.8) is 0 Å². The average molecular weight is 367 g/mol. The number of hydrogen-bond acceptors (Lipinski definition) is 4. The summed E-state index contributed by atoms with van der Waals surface area (Å²) in [5.41, 5.74) is -1.01. The van der Waals surface area contributed by atoms with Crippen LogP contribution >= 0.6 is 0 Å². The fourth-order valence-electron chi connectivity index (χ4n) is 3.36. The van der Waals surface area contributed by atoms with E-state index in [-0.39, 0.29) is 17.4 Å². The number of alkyl halides is 3. The molecule has 0 bridgehead atoms. The number of hydrogen-bond donors (Lipinski definition) is 1. The minimum absolute atomic E-state index is 0.0346. The maximum atomic E-state index is 13.1. The van der Waals surface area contributed by atoms with Gasteiger partial charge in [0.1, 0.15) is 5.54 Å². The molecule has 2 aliphatic carbocycles. The average Bonchev–Trinajstić information content (AvgIpc) is 3.02. The first-order valence-corrected chi connectivity index (χ1v) is 8.14. The number of carbonyl (C=O) groups is 1. The molecule has 1 fully saturated rings. The SMILES string of the molecule is CC(C)(NC(=O)c1nn(-c2c[n+]([O-])ccn2)c2c1CC1C[C@H]21)C(F)(F)F. The summed E-state index contributed by atoms with van der Waals surface area (Å²) < 4.78 is 41.2. The molecule has 10 heteroatoms. The largest absolute Gasteiger partial charge is 0.619 e. The molecule has 2 atom stereocenters. The van der Waals surface area contributed by atoms with Crippen LogP contribution in [0.5, 0.6) is 0 Å². The fraction of sp³-hybridized carbons (Fsp3) is 0.500. The van der Waals surface area contributed by atoms with Crippen LogP contribution in [0.2, 0.25) is 0 Å². The van der Waals surface area contributed by atoms with Crippen LogP contribution in [0, 0.1) is 11.1 Å². The van der Waals surface area contributed by atoms with Crippen molar-refractivity contribution in [1.82, 2.24) is 20.1 Å². The Labute approximate surface area is 146 Å². The van der Waals surface area contributed by atoms with Crippen molar-refractivity contribution in [2.45, 2.75) is 44.3 Å². The number of nitrogens with one attached hydrogen (secondary N) is 1. The highest BCUT2D eigenvalue weighted by Gasteiger charge is 2.52. The minimum Gasteiger partial charge on any atom is -0.619 e. The minimum atomic E-state index is -4.59. The lowest BCUT2D eigenvalue weighted by atomic mass is 10.0. The van der Waals surface area contributed by atoms with E-state index in [4.69, 9.17) is 0 Å². The standard InChI is InChI=1S/C16H16F3N5O2/c1-15(2,16(17,18)19)21-14(25)12-10-6-8-5-9(8)13(10)24(22-12)11-7-23(26)4-3-20-11/h3-4,7-9H,5-6H2,1-2H3,(H,21,25)/t8?,9-/m0/s1. The van der Waals surface area contributed by atoms with Gasteiger partial charge >= 0.3 is 6.18 Å². The monoisotopic (exact) mass is 367 g/mol. The van der Waals surface area contributed by atoms with E-state index in [2.05, 4.69) is 10.1 Å². The van der Waals surface area contributed by atoms with Crippen molar-refractivity contribution in [3.05, 3.63) is 40.7 Å². The van der Waals surface area contributed by atoms with Gasteiger partial charge < -0.3 is 10.5 Å². The third kappa shape index (κ3) is 2.51. The number of aromatic nitrogens is 4. The predicted molar refractivity (Wildman–Crippen MR) is 82.5 cm³/mol. The quantitative estimate of drug-likeness (QED) is 0.660. The van der Waals surface area contributed by atoms with Crippen molar-refractivity contribution in [1.29, 1.82) is 0 Å². The lowest BCUT2D eigenvalue weighted by Crippen LogP contribution is -2.54. The van der Waals surface area contributed by atoms with Crippen LogP contribution in [0.3, 0.4) is 0 Å². The van der Waals surface area contributed by atoms with Crippen LogP contribution in [-0.2, 0) is 6.42 Å². The molecule has 0 radical (unpaired) electrons. The Morgan fingerprint density at radius 3 is 2.81 bits per heavy atom. The molecule has 2 aromatic rings. The number of rotatable bonds is 3. The summed E-state index contributed by atoms with van der Waals surface area (Å²) in [4.78, 5) is 16.6. The van der Waals surface area contributed by atoms with Crippen LogP contribution in [-0.4, -0.2) is 32.4 Å². The number of amides is 1. The van der Waals surface area contributed by atoms with Crippen LogP contribution in [0.25, 0.3) is 5.82 Å². The number of nitrogens with zero attached hydrogens (tertiary/aromatic N) is 4. The van der Waals surface area contributed by atoms with E-state index in [9.17, 15) is 23.2 Å². The fourth-order valence-corrected chi connectivity index (χ4v) is 3.36. The first-order chi connectivity index (χ1) is 12.1. The third-order valence-electron chi connectivity index (χ3n) is 4.99. The Morgan fingerprint density at radius 1 is 1.42 bits per heavy atom. The van der Waals surface area contributed by atoms with E-state index in [1.54, 1.807) is 0 Å². The molecule has 1 N–H and O–H groups in total. The number of halogens is 3. The normalized spacial score (nSPS) is 21.3. The molecule has 2 heterocycles. The molecule has 2 aliphatic rings. The van der Waals surface area contributed by atoms with E-state index in [0.29, 0.717) is 22.6 Å². The molecule has 0 spiro atoms. The van der Waals surface area contributed by atoms with Crippen LogP contribution in [0.4, 0.5) is 13.2 Å². The molecule has 26 heavy (non-hydrogen) atoms. The number of carbonyl (C=O) groups excluding carboxylic acids is 1. The van der Waals surface area contributed by atoms with Gasteiger partial charge in [0, 0.05) is 11.5 Å². The maximum Gasteiger partial charge on any atom is 0.410 e. The summed E-state index contributed by atoms with van der Waals surface area (Å²) >= 11 is 0. The Morgan fingerprint density at radius 2 is 2.15 bits per heavy atom. The van der Waals surface area contributed by atoms with Gasteiger partial charge in [0.05, 0.1) is 11.9 Å². The molecule has 138 valence electrons. The highest BCUT2D eigenvalue weighted by atomic mass is 19.4.